The molecule has 1 heterocycles. The lowest BCUT2D eigenvalue weighted by molar-refractivity contribution is -0.384. The van der Waals surface area contributed by atoms with E-state index in [1.54, 1.807) is 19.0 Å². The Morgan fingerprint density at radius 3 is 2.62 bits per heavy atom. The average Bonchev–Trinajstić information content (AvgIpc) is 2.48. The van der Waals surface area contributed by atoms with Crippen LogP contribution in [-0.4, -0.2) is 29.0 Å². The molecule has 2 aromatic rings. The van der Waals surface area contributed by atoms with E-state index in [1.807, 2.05) is 24.3 Å². The zero-order chi connectivity index (χ0) is 15.4. The molecule has 0 aliphatic heterocycles. The molecule has 0 atom stereocenters. The largest absolute Gasteiger partial charge is 0.357 e. The number of hydrogen-bond donors (Lipinski definition) is 1. The molecule has 2 rings (SSSR count). The number of benzene rings is 1. The van der Waals surface area contributed by atoms with Crippen LogP contribution in [0.5, 0.6) is 0 Å². The molecule has 0 saturated carbocycles. The molecule has 21 heavy (non-hydrogen) atoms. The van der Waals surface area contributed by atoms with Crippen molar-refractivity contribution in [3.05, 3.63) is 50.6 Å². The van der Waals surface area contributed by atoms with E-state index in [4.69, 9.17) is 0 Å². The van der Waals surface area contributed by atoms with Crippen LogP contribution in [0.1, 0.15) is 5.56 Å². The van der Waals surface area contributed by atoms with Crippen LogP contribution in [0, 0.1) is 10.1 Å². The van der Waals surface area contributed by atoms with E-state index < -0.39 is 4.92 Å². The Morgan fingerprint density at radius 1 is 1.38 bits per heavy atom. The minimum Gasteiger partial charge on any atom is -0.357 e. The van der Waals surface area contributed by atoms with Crippen LogP contribution in [0.4, 0.5) is 17.5 Å². The number of nitrogens with zero attached hydrogens (tertiary/aromatic N) is 4. The Balaban J connectivity index is 2.30. The van der Waals surface area contributed by atoms with Gasteiger partial charge in [0, 0.05) is 25.1 Å². The molecule has 0 amide bonds. The topological polar surface area (TPSA) is 84.2 Å². The Kier molecular flexibility index (Phi) is 4.69. The summed E-state index contributed by atoms with van der Waals surface area (Å²) in [7, 11) is 3.43. The Bertz CT molecular complexity index is 648. The molecule has 110 valence electrons. The maximum Gasteiger partial charge on any atom is 0.329 e. The Morgan fingerprint density at radius 2 is 2.05 bits per heavy atom. The van der Waals surface area contributed by atoms with E-state index in [-0.39, 0.29) is 11.5 Å². The maximum atomic E-state index is 11.1. The van der Waals surface area contributed by atoms with Crippen molar-refractivity contribution in [2.45, 2.75) is 6.54 Å². The van der Waals surface area contributed by atoms with Gasteiger partial charge in [0.1, 0.15) is 6.20 Å². The molecule has 0 spiro atoms. The van der Waals surface area contributed by atoms with Gasteiger partial charge in [-0.2, -0.15) is 4.98 Å². The van der Waals surface area contributed by atoms with Gasteiger partial charge in [-0.3, -0.25) is 10.1 Å². The second-order valence-corrected chi connectivity index (χ2v) is 5.31. The molecule has 8 heteroatoms. The van der Waals surface area contributed by atoms with Gasteiger partial charge in [-0.25, -0.2) is 4.98 Å². The summed E-state index contributed by atoms with van der Waals surface area (Å²) in [6.07, 6.45) is 1.21. The highest BCUT2D eigenvalue weighted by Gasteiger charge is 2.20. The fourth-order valence-electron chi connectivity index (χ4n) is 1.84. The van der Waals surface area contributed by atoms with E-state index in [0.29, 0.717) is 12.5 Å². The van der Waals surface area contributed by atoms with E-state index in [9.17, 15) is 10.1 Å². The van der Waals surface area contributed by atoms with E-state index in [0.717, 1.165) is 10.0 Å². The van der Waals surface area contributed by atoms with Crippen molar-refractivity contribution in [2.24, 2.45) is 0 Å². The first-order valence-corrected chi connectivity index (χ1v) is 6.95. The lowest BCUT2D eigenvalue weighted by atomic mass is 10.2. The first kappa shape index (κ1) is 15.2. The summed E-state index contributed by atoms with van der Waals surface area (Å²) >= 11 is 3.37. The molecule has 1 N–H and O–H groups in total. The fourth-order valence-corrected chi connectivity index (χ4v) is 2.10. The minimum atomic E-state index is -0.479. The summed E-state index contributed by atoms with van der Waals surface area (Å²) in [4.78, 5) is 20.4. The minimum absolute atomic E-state index is 0.117. The van der Waals surface area contributed by atoms with Crippen molar-refractivity contribution in [2.75, 3.05) is 24.3 Å². The maximum absolute atomic E-state index is 11.1. The van der Waals surface area contributed by atoms with E-state index >= 15 is 0 Å². The molecule has 0 bridgehead atoms. The van der Waals surface area contributed by atoms with Gasteiger partial charge in [-0.05, 0) is 17.7 Å². The lowest BCUT2D eigenvalue weighted by Gasteiger charge is -2.18. The number of nitrogens with one attached hydrogen (secondary N) is 1. The van der Waals surface area contributed by atoms with Crippen LogP contribution in [0.3, 0.4) is 0 Å². The molecular formula is C13H14BrN5O2. The molecule has 1 aromatic carbocycles. The molecular weight excluding hydrogens is 338 g/mol. The number of hydrogen-bond acceptors (Lipinski definition) is 6. The van der Waals surface area contributed by atoms with Gasteiger partial charge in [0.2, 0.25) is 11.8 Å². The molecule has 0 saturated heterocycles. The monoisotopic (exact) mass is 351 g/mol. The van der Waals surface area contributed by atoms with E-state index in [1.165, 1.54) is 6.20 Å². The number of aromatic nitrogens is 2. The van der Waals surface area contributed by atoms with Crippen LogP contribution in [0.15, 0.2) is 34.9 Å². The SMILES string of the molecule is CNc1ncc([N+](=O)[O-])c(N(C)Cc2ccc(Br)cc2)n1. The predicted molar refractivity (Wildman–Crippen MR) is 84.5 cm³/mol. The smallest absolute Gasteiger partial charge is 0.329 e. The molecule has 0 aliphatic carbocycles. The second kappa shape index (κ2) is 6.49. The summed E-state index contributed by atoms with van der Waals surface area (Å²) in [5, 5.41) is 13.9. The fraction of sp³-hybridized carbons (Fsp3) is 0.231. The van der Waals surface area contributed by atoms with Crippen LogP contribution < -0.4 is 10.2 Å². The summed E-state index contributed by atoms with van der Waals surface area (Å²) in [5.74, 6) is 0.625. The van der Waals surface area contributed by atoms with Gasteiger partial charge in [0.25, 0.3) is 0 Å². The third-order valence-electron chi connectivity index (χ3n) is 2.86. The predicted octanol–water partition coefficient (Wildman–Crippen LogP) is 2.83. The third kappa shape index (κ3) is 3.66. The number of rotatable bonds is 5. The van der Waals surface area contributed by atoms with Crippen LogP contribution in [0.25, 0.3) is 0 Å². The van der Waals surface area contributed by atoms with Gasteiger partial charge in [0.15, 0.2) is 0 Å². The molecule has 7 nitrogen and oxygen atoms in total. The molecule has 0 fully saturated rings. The third-order valence-corrected chi connectivity index (χ3v) is 3.39. The summed E-state index contributed by atoms with van der Waals surface area (Å²) in [6.45, 7) is 0.508. The number of anilines is 2. The van der Waals surface area contributed by atoms with Gasteiger partial charge >= 0.3 is 5.69 Å². The molecule has 0 radical (unpaired) electrons. The highest BCUT2D eigenvalue weighted by Crippen LogP contribution is 2.26. The first-order chi connectivity index (χ1) is 10.0. The zero-order valence-electron chi connectivity index (χ0n) is 11.6. The summed E-state index contributed by atoms with van der Waals surface area (Å²) in [5.41, 5.74) is 0.910. The first-order valence-electron chi connectivity index (χ1n) is 6.16. The lowest BCUT2D eigenvalue weighted by Crippen LogP contribution is -2.20. The molecule has 0 aliphatic rings. The quantitative estimate of drug-likeness (QED) is 0.658. The second-order valence-electron chi connectivity index (χ2n) is 4.39. The van der Waals surface area contributed by atoms with E-state index in [2.05, 4.69) is 31.2 Å². The summed E-state index contributed by atoms with van der Waals surface area (Å²) < 4.78 is 0.986. The normalized spacial score (nSPS) is 10.2. The van der Waals surface area contributed by atoms with Crippen molar-refractivity contribution in [3.8, 4) is 0 Å². The number of halogens is 1. The van der Waals surface area contributed by atoms with Crippen molar-refractivity contribution in [1.82, 2.24) is 9.97 Å². The van der Waals surface area contributed by atoms with Crippen LogP contribution >= 0.6 is 15.9 Å². The summed E-state index contributed by atoms with van der Waals surface area (Å²) in [6, 6.07) is 7.76. The standard InChI is InChI=1S/C13H14BrN5O2/c1-15-13-16-7-11(19(20)21)12(17-13)18(2)8-9-3-5-10(14)6-4-9/h3-7H,8H2,1-2H3,(H,15,16,17). The molecule has 1 aromatic heterocycles. The van der Waals surface area contributed by atoms with Gasteiger partial charge in [0.05, 0.1) is 4.92 Å². The van der Waals surface area contributed by atoms with Crippen molar-refractivity contribution >= 4 is 33.4 Å². The average molecular weight is 352 g/mol. The molecule has 0 unspecified atom stereocenters. The van der Waals surface area contributed by atoms with Crippen molar-refractivity contribution < 1.29 is 4.92 Å². The van der Waals surface area contributed by atoms with Crippen LogP contribution in [-0.2, 0) is 6.54 Å². The van der Waals surface area contributed by atoms with Gasteiger partial charge < -0.3 is 10.2 Å². The van der Waals surface area contributed by atoms with Gasteiger partial charge in [-0.15, -0.1) is 0 Å². The highest BCUT2D eigenvalue weighted by molar-refractivity contribution is 9.10. The zero-order valence-corrected chi connectivity index (χ0v) is 13.2. The Hall–Kier alpha value is -2.22. The van der Waals surface area contributed by atoms with Crippen LogP contribution in [0.2, 0.25) is 0 Å². The van der Waals surface area contributed by atoms with Gasteiger partial charge in [-0.1, -0.05) is 28.1 Å². The van der Waals surface area contributed by atoms with Crippen molar-refractivity contribution in [3.63, 3.8) is 0 Å². The number of nitro groups is 1. The highest BCUT2D eigenvalue weighted by atomic mass is 79.9. The Labute approximate surface area is 130 Å². The van der Waals surface area contributed by atoms with Crippen molar-refractivity contribution in [1.29, 1.82) is 0 Å².